The van der Waals surface area contributed by atoms with E-state index in [1.807, 2.05) is 0 Å². The average Bonchev–Trinajstić information content (AvgIpc) is 2.94. The molecule has 0 aliphatic carbocycles. The van der Waals surface area contributed by atoms with Crippen LogP contribution in [-0.2, 0) is 24.2 Å². The smallest absolute Gasteiger partial charge is 1.00 e. The molecule has 2 aromatic heterocycles. The number of aromatic nitrogens is 4. The Balaban J connectivity index is -0.0000000980. The van der Waals surface area contributed by atoms with Gasteiger partial charge in [0.05, 0.1) is 12.9 Å². The molecule has 0 saturated carbocycles. The number of hydrogen-bond acceptors (Lipinski definition) is 13. The molecular formula is C10H28Br3N10O4Ru. The van der Waals surface area contributed by atoms with Crippen LogP contribution < -0.4 is 87.4 Å². The number of fused-ring (bicyclic) bond motifs is 1. The van der Waals surface area contributed by atoms with Crippen LogP contribution in [0.4, 0.5) is 5.82 Å². The van der Waals surface area contributed by atoms with Crippen LogP contribution in [-0.4, -0.2) is 59.8 Å². The van der Waals surface area contributed by atoms with E-state index in [0.717, 1.165) is 0 Å². The summed E-state index contributed by atoms with van der Waals surface area (Å²) in [7, 11) is 0. The Bertz CT molecular complexity index is 630. The molecule has 0 bridgehead atoms. The molecule has 3 heterocycles. The largest absolute Gasteiger partial charge is 3.00 e. The van der Waals surface area contributed by atoms with Crippen molar-refractivity contribution >= 4 is 17.0 Å². The number of halogens is 3. The van der Waals surface area contributed by atoms with Crippen molar-refractivity contribution < 1.29 is 90.5 Å². The number of aliphatic hydroxyl groups is 3. The zero-order valence-corrected chi connectivity index (χ0v) is 21.3. The van der Waals surface area contributed by atoms with E-state index in [-0.39, 0.29) is 107 Å². The van der Waals surface area contributed by atoms with Gasteiger partial charge in [0.2, 0.25) is 0 Å². The van der Waals surface area contributed by atoms with E-state index >= 15 is 0 Å². The van der Waals surface area contributed by atoms with Gasteiger partial charge in [-0.3, -0.25) is 4.57 Å². The molecule has 4 unspecified atom stereocenters. The molecule has 171 valence electrons. The third-order valence-electron chi connectivity index (χ3n) is 3.18. The molecule has 4 atom stereocenters. The van der Waals surface area contributed by atoms with Crippen molar-refractivity contribution in [2.24, 2.45) is 0 Å². The first kappa shape index (κ1) is 46.3. The van der Waals surface area contributed by atoms with Crippen molar-refractivity contribution in [3.8, 4) is 0 Å². The van der Waals surface area contributed by atoms with Gasteiger partial charge in [0.15, 0.2) is 17.7 Å². The third-order valence-corrected chi connectivity index (χ3v) is 3.18. The quantitative estimate of drug-likeness (QED) is 0.132. The van der Waals surface area contributed by atoms with Gasteiger partial charge in [-0.1, -0.05) is 0 Å². The molecule has 14 nitrogen and oxygen atoms in total. The maximum atomic E-state index is 9.95. The van der Waals surface area contributed by atoms with E-state index in [1.165, 1.54) is 17.2 Å². The molecule has 1 aliphatic heterocycles. The number of nitrogen functional groups attached to an aromatic ring is 1. The van der Waals surface area contributed by atoms with Crippen molar-refractivity contribution in [3.05, 3.63) is 12.7 Å². The molecule has 20 N–H and O–H groups in total. The second-order valence-electron chi connectivity index (χ2n) is 4.31. The molecule has 1 aliphatic rings. The van der Waals surface area contributed by atoms with Crippen molar-refractivity contribution in [3.63, 3.8) is 0 Å². The van der Waals surface area contributed by atoms with Gasteiger partial charge in [0, 0.05) is 0 Å². The molecule has 2 aromatic rings. The predicted octanol–water partition coefficient (Wildman–Crippen LogP) is -10.2. The summed E-state index contributed by atoms with van der Waals surface area (Å²) < 4.78 is 6.85. The minimum absolute atomic E-state index is 0. The van der Waals surface area contributed by atoms with Gasteiger partial charge in [-0.15, -0.1) is 0 Å². The van der Waals surface area contributed by atoms with Gasteiger partial charge < -0.3 is 107 Å². The second kappa shape index (κ2) is 19.0. The standard InChI is InChI=1S/C10H13N5O4.3BrH.5H3N.Ru/c11-8-5-9(13-2-12-8)15(3-14-5)10-7(18)6(17)4(1-16)19-10;;;;;;;;;/h2-4,6-7,10,16-18H,1H2,(H2,11,12,13);3*1H;5*1H3;/q;;;;;;;;;+3/p-3. The summed E-state index contributed by atoms with van der Waals surface area (Å²) in [6.07, 6.45) is -1.42. The number of anilines is 1. The van der Waals surface area contributed by atoms with E-state index in [0.29, 0.717) is 11.2 Å². The van der Waals surface area contributed by atoms with E-state index in [9.17, 15) is 10.2 Å². The normalized spacial score (nSPS) is 21.1. The number of aliphatic hydroxyl groups excluding tert-OH is 3. The molecule has 1 saturated heterocycles. The minimum atomic E-state index is -1.19. The van der Waals surface area contributed by atoms with Crippen LogP contribution in [0.5, 0.6) is 0 Å². The summed E-state index contributed by atoms with van der Waals surface area (Å²) in [6, 6.07) is 0. The Morgan fingerprint density at radius 3 is 1.96 bits per heavy atom. The molecule has 0 spiro atoms. The number of rotatable bonds is 2. The zero-order valence-electron chi connectivity index (χ0n) is 14.8. The van der Waals surface area contributed by atoms with Crippen LogP contribution in [0.2, 0.25) is 0 Å². The summed E-state index contributed by atoms with van der Waals surface area (Å²) in [5.41, 5.74) is 6.44. The molecule has 18 heteroatoms. The van der Waals surface area contributed by atoms with E-state index < -0.39 is 31.1 Å². The fourth-order valence-corrected chi connectivity index (χ4v) is 2.17. The Morgan fingerprint density at radius 2 is 1.50 bits per heavy atom. The van der Waals surface area contributed by atoms with Crippen molar-refractivity contribution in [2.75, 3.05) is 12.3 Å². The first-order valence-electron chi connectivity index (χ1n) is 5.69. The second-order valence-corrected chi connectivity index (χ2v) is 4.31. The summed E-state index contributed by atoms with van der Waals surface area (Å²) in [5.74, 6) is 0.218. The Hall–Kier alpha value is 0.0534. The fraction of sp³-hybridized carbons (Fsp3) is 0.500. The van der Waals surface area contributed by atoms with E-state index in [1.54, 1.807) is 0 Å². The molecule has 0 aromatic carbocycles. The van der Waals surface area contributed by atoms with Gasteiger partial charge in [0.25, 0.3) is 0 Å². The SMILES string of the molecule is N.N.N.N.N.Nc1ncnc2c1ncn2C1OC(CO)C(O)C1O.[Br-].[Br-].[Br-].[Ru+3]. The minimum Gasteiger partial charge on any atom is -1.00 e. The predicted molar refractivity (Wildman–Crippen MR) is 87.9 cm³/mol. The molecule has 3 rings (SSSR count). The first-order valence-corrected chi connectivity index (χ1v) is 5.69. The Labute approximate surface area is 206 Å². The van der Waals surface area contributed by atoms with Crippen LogP contribution in [0.15, 0.2) is 12.7 Å². The number of imidazole rings is 1. The summed E-state index contributed by atoms with van der Waals surface area (Å²) >= 11 is 0. The van der Waals surface area contributed by atoms with Gasteiger partial charge in [-0.05, 0) is 0 Å². The molecule has 1 fully saturated rings. The van der Waals surface area contributed by atoms with Crippen LogP contribution in [0, 0.1) is 0 Å². The first-order chi connectivity index (χ1) is 9.13. The van der Waals surface area contributed by atoms with Gasteiger partial charge in [-0.25, -0.2) is 15.0 Å². The van der Waals surface area contributed by atoms with Gasteiger partial charge >= 0.3 is 19.5 Å². The van der Waals surface area contributed by atoms with Crippen molar-refractivity contribution in [1.82, 2.24) is 50.3 Å². The third kappa shape index (κ3) is 8.06. The van der Waals surface area contributed by atoms with Crippen molar-refractivity contribution in [1.29, 1.82) is 0 Å². The number of hydrogen-bond donors (Lipinski definition) is 9. The summed E-state index contributed by atoms with van der Waals surface area (Å²) in [6.45, 7) is -0.390. The Kier molecular flexibility index (Phi) is 31.5. The van der Waals surface area contributed by atoms with Gasteiger partial charge in [-0.2, -0.15) is 0 Å². The molecule has 0 amide bonds. The fourth-order valence-electron chi connectivity index (χ4n) is 2.17. The van der Waals surface area contributed by atoms with E-state index in [2.05, 4.69) is 15.0 Å². The average molecular weight is 693 g/mol. The van der Waals surface area contributed by atoms with Gasteiger partial charge in [0.1, 0.15) is 30.2 Å². The number of ether oxygens (including phenoxy) is 1. The number of nitrogens with zero attached hydrogens (tertiary/aromatic N) is 4. The van der Waals surface area contributed by atoms with Crippen molar-refractivity contribution in [2.45, 2.75) is 24.5 Å². The van der Waals surface area contributed by atoms with Crippen LogP contribution in [0.1, 0.15) is 6.23 Å². The monoisotopic (exact) mass is 691 g/mol. The molecule has 28 heavy (non-hydrogen) atoms. The van der Waals surface area contributed by atoms with E-state index in [4.69, 9.17) is 15.6 Å². The maximum Gasteiger partial charge on any atom is 3.00 e. The zero-order chi connectivity index (χ0) is 13.6. The molecule has 1 radical (unpaired) electrons. The molecular weight excluding hydrogens is 665 g/mol. The van der Waals surface area contributed by atoms with Crippen LogP contribution in [0.25, 0.3) is 11.2 Å². The number of nitrogens with two attached hydrogens (primary N) is 1. The summed E-state index contributed by atoms with van der Waals surface area (Å²) in [4.78, 5) is 11.9. The Morgan fingerprint density at radius 1 is 0.964 bits per heavy atom. The van der Waals surface area contributed by atoms with Crippen LogP contribution >= 0.6 is 0 Å². The summed E-state index contributed by atoms with van der Waals surface area (Å²) in [5, 5.41) is 28.7. The van der Waals surface area contributed by atoms with Crippen LogP contribution in [0.3, 0.4) is 0 Å². The topological polar surface area (TPSA) is 315 Å². The maximum absolute atomic E-state index is 9.95.